The van der Waals surface area contributed by atoms with Gasteiger partial charge in [0, 0.05) is 24.5 Å². The fourth-order valence-electron chi connectivity index (χ4n) is 7.72. The van der Waals surface area contributed by atoms with Crippen LogP contribution in [-0.4, -0.2) is 52.4 Å². The first kappa shape index (κ1) is 29.5. The van der Waals surface area contributed by atoms with E-state index in [1.165, 1.54) is 13.0 Å². The molecular weight excluding hydrogens is 496 g/mol. The molecule has 0 aromatic carbocycles. The number of ether oxygens (including phenoxy) is 2. The van der Waals surface area contributed by atoms with Crippen LogP contribution in [0.3, 0.4) is 0 Å². The van der Waals surface area contributed by atoms with Gasteiger partial charge in [0.2, 0.25) is 0 Å². The molecule has 2 saturated carbocycles. The average Bonchev–Trinajstić information content (AvgIpc) is 3.38. The Labute approximate surface area is 232 Å². The van der Waals surface area contributed by atoms with E-state index in [9.17, 15) is 24.6 Å². The van der Waals surface area contributed by atoms with Gasteiger partial charge in [-0.3, -0.25) is 9.59 Å². The minimum atomic E-state index is -2.14. The van der Waals surface area contributed by atoms with Gasteiger partial charge in [0.1, 0.15) is 12.7 Å². The van der Waals surface area contributed by atoms with Gasteiger partial charge >= 0.3 is 11.9 Å². The molecular formula is C32H44O7. The van der Waals surface area contributed by atoms with E-state index in [0.717, 1.165) is 25.7 Å². The molecule has 39 heavy (non-hydrogen) atoms. The maximum atomic E-state index is 14.5. The second-order valence-corrected chi connectivity index (χ2v) is 12.6. The molecule has 0 radical (unpaired) electrons. The highest BCUT2D eigenvalue weighted by Crippen LogP contribution is 2.71. The summed E-state index contributed by atoms with van der Waals surface area (Å²) in [7, 11) is 0. The van der Waals surface area contributed by atoms with Crippen molar-refractivity contribution in [1.82, 2.24) is 0 Å². The van der Waals surface area contributed by atoms with Gasteiger partial charge in [-0.05, 0) is 54.9 Å². The number of unbranched alkanes of at least 4 members (excludes halogenated alkanes) is 3. The Bertz CT molecular complexity index is 1130. The van der Waals surface area contributed by atoms with Crippen LogP contribution >= 0.6 is 0 Å². The summed E-state index contributed by atoms with van der Waals surface area (Å²) in [6.45, 7) is 11.1. The molecule has 2 bridgehead atoms. The maximum absolute atomic E-state index is 14.5. The zero-order chi connectivity index (χ0) is 28.8. The molecule has 7 nitrogen and oxygen atoms in total. The van der Waals surface area contributed by atoms with E-state index in [4.69, 9.17) is 9.47 Å². The molecule has 214 valence electrons. The highest BCUT2D eigenvalue weighted by atomic mass is 16.6. The molecule has 0 amide bonds. The lowest BCUT2D eigenvalue weighted by Crippen LogP contribution is -2.66. The average molecular weight is 541 g/mol. The highest BCUT2D eigenvalue weighted by Gasteiger charge is 2.76. The van der Waals surface area contributed by atoms with E-state index in [1.54, 1.807) is 31.2 Å². The molecule has 2 N–H and O–H groups in total. The SMILES string of the molecule is CCCCCC=C/C=C/C(=O)OC1C(COC(C)=O)=CC2C(=O)C3(C=C(C)C(O)C13O)C(C)CC1C2C1(C)C. The lowest BCUT2D eigenvalue weighted by molar-refractivity contribution is -0.202. The largest absolute Gasteiger partial charge is 0.461 e. The monoisotopic (exact) mass is 540 g/mol. The van der Waals surface area contributed by atoms with Gasteiger partial charge < -0.3 is 19.7 Å². The smallest absolute Gasteiger partial charge is 0.331 e. The number of fused-ring (bicyclic) bond motifs is 3. The van der Waals surface area contributed by atoms with Gasteiger partial charge in [-0.25, -0.2) is 4.79 Å². The van der Waals surface area contributed by atoms with Crippen molar-refractivity contribution < 1.29 is 34.1 Å². The Balaban J connectivity index is 1.76. The van der Waals surface area contributed by atoms with Crippen LogP contribution < -0.4 is 0 Å². The molecule has 8 atom stereocenters. The summed E-state index contributed by atoms with van der Waals surface area (Å²) in [6.07, 6.45) is 12.2. The maximum Gasteiger partial charge on any atom is 0.331 e. The first-order valence-electron chi connectivity index (χ1n) is 14.4. The summed E-state index contributed by atoms with van der Waals surface area (Å²) in [4.78, 5) is 39.4. The van der Waals surface area contributed by atoms with Crippen LogP contribution in [0.4, 0.5) is 0 Å². The third kappa shape index (κ3) is 4.76. The minimum absolute atomic E-state index is 0.0436. The number of hydrogen-bond acceptors (Lipinski definition) is 7. The van der Waals surface area contributed by atoms with Crippen LogP contribution in [0.15, 0.2) is 47.6 Å². The fourth-order valence-corrected chi connectivity index (χ4v) is 7.72. The predicted octanol–water partition coefficient (Wildman–Crippen LogP) is 4.63. The number of ketones is 1. The Kier molecular flexibility index (Phi) is 8.17. The normalized spacial score (nSPS) is 38.4. The second-order valence-electron chi connectivity index (χ2n) is 12.6. The minimum Gasteiger partial charge on any atom is -0.461 e. The quantitative estimate of drug-likeness (QED) is 0.144. The van der Waals surface area contributed by atoms with Crippen molar-refractivity contribution in [3.63, 3.8) is 0 Å². The van der Waals surface area contributed by atoms with Crippen LogP contribution in [0.1, 0.15) is 73.6 Å². The van der Waals surface area contributed by atoms with Crippen LogP contribution in [0.5, 0.6) is 0 Å². The van der Waals surface area contributed by atoms with Gasteiger partial charge in [0.15, 0.2) is 17.5 Å². The molecule has 0 aromatic heterocycles. The number of rotatable bonds is 9. The van der Waals surface area contributed by atoms with Crippen molar-refractivity contribution in [2.75, 3.05) is 6.61 Å². The first-order chi connectivity index (χ1) is 18.3. The van der Waals surface area contributed by atoms with Crippen molar-refractivity contribution in [2.24, 2.45) is 34.5 Å². The lowest BCUT2D eigenvalue weighted by atomic mass is 9.59. The third-order valence-electron chi connectivity index (χ3n) is 9.85. The van der Waals surface area contributed by atoms with Gasteiger partial charge in [-0.15, -0.1) is 0 Å². The fraction of sp³-hybridized carbons (Fsp3) is 0.656. The molecule has 7 heteroatoms. The number of allylic oxidation sites excluding steroid dienone is 4. The summed E-state index contributed by atoms with van der Waals surface area (Å²) >= 11 is 0. The van der Waals surface area contributed by atoms with Crippen LogP contribution in [0, 0.1) is 34.5 Å². The number of carbonyl (C=O) groups is 3. The van der Waals surface area contributed by atoms with E-state index in [1.807, 2.05) is 13.0 Å². The van der Waals surface area contributed by atoms with Crippen LogP contribution in [0.25, 0.3) is 0 Å². The molecule has 0 aromatic rings. The van der Waals surface area contributed by atoms with Crippen LogP contribution in [-0.2, 0) is 23.9 Å². The highest BCUT2D eigenvalue weighted by molar-refractivity contribution is 5.95. The molecule has 0 aliphatic heterocycles. The van der Waals surface area contributed by atoms with E-state index < -0.39 is 41.1 Å². The zero-order valence-corrected chi connectivity index (χ0v) is 24.1. The van der Waals surface area contributed by atoms with E-state index in [-0.39, 0.29) is 35.6 Å². The molecule has 2 fully saturated rings. The molecule has 4 rings (SSSR count). The third-order valence-corrected chi connectivity index (χ3v) is 9.85. The standard InChI is InChI=1S/C32H44O7/c1-7-8-9-10-11-12-13-14-25(34)39-29-22(18-38-21(4)33)16-23-26-24(30(26,5)6)15-20(3)31(28(23)36)17-19(2)27(35)32(29,31)37/h11-14,16-17,20,23-24,26-27,29,35,37H,7-10,15,18H2,1-6H3/b12-11?,14-13+. The number of hydrogen-bond donors (Lipinski definition) is 2. The molecule has 0 saturated heterocycles. The Morgan fingerprint density at radius 3 is 2.59 bits per heavy atom. The van der Waals surface area contributed by atoms with Gasteiger partial charge in [0.25, 0.3) is 0 Å². The summed E-state index contributed by atoms with van der Waals surface area (Å²) < 4.78 is 11.3. The zero-order valence-electron chi connectivity index (χ0n) is 24.1. The number of Topliss-reactive ketones (excluding diaryl/α,β-unsaturated/α-hetero) is 1. The number of carbonyl (C=O) groups excluding carboxylic acids is 3. The summed E-state index contributed by atoms with van der Waals surface area (Å²) in [5.74, 6) is -1.98. The van der Waals surface area contributed by atoms with Crippen molar-refractivity contribution >= 4 is 17.7 Å². The lowest BCUT2D eigenvalue weighted by Gasteiger charge is -2.49. The van der Waals surface area contributed by atoms with Gasteiger partial charge in [-0.2, -0.15) is 0 Å². The molecule has 0 heterocycles. The molecule has 8 unspecified atom stereocenters. The topological polar surface area (TPSA) is 110 Å². The van der Waals surface area contributed by atoms with Gasteiger partial charge in [-0.1, -0.05) is 70.9 Å². The van der Waals surface area contributed by atoms with Crippen LogP contribution in [0.2, 0.25) is 0 Å². The van der Waals surface area contributed by atoms with Crippen molar-refractivity contribution in [3.8, 4) is 0 Å². The summed E-state index contributed by atoms with van der Waals surface area (Å²) in [6, 6.07) is 0. The molecule has 4 aliphatic rings. The molecule has 1 spiro atoms. The van der Waals surface area contributed by atoms with Crippen molar-refractivity contribution in [1.29, 1.82) is 0 Å². The van der Waals surface area contributed by atoms with Crippen molar-refractivity contribution in [2.45, 2.75) is 91.5 Å². The Hall–Kier alpha value is -2.51. The molecule has 4 aliphatic carbocycles. The summed E-state index contributed by atoms with van der Waals surface area (Å²) in [5.41, 5.74) is -2.88. The first-order valence-corrected chi connectivity index (χ1v) is 14.4. The second kappa shape index (κ2) is 10.8. The summed E-state index contributed by atoms with van der Waals surface area (Å²) in [5, 5.41) is 24.0. The number of esters is 2. The van der Waals surface area contributed by atoms with E-state index in [2.05, 4.69) is 20.8 Å². The van der Waals surface area contributed by atoms with E-state index >= 15 is 0 Å². The Morgan fingerprint density at radius 2 is 1.92 bits per heavy atom. The Morgan fingerprint density at radius 1 is 1.21 bits per heavy atom. The number of aliphatic hydroxyl groups excluding tert-OH is 1. The number of aliphatic hydroxyl groups is 2. The van der Waals surface area contributed by atoms with Crippen molar-refractivity contribution in [3.05, 3.63) is 47.6 Å². The van der Waals surface area contributed by atoms with Gasteiger partial charge in [0.05, 0.1) is 5.41 Å². The predicted molar refractivity (Wildman–Crippen MR) is 147 cm³/mol. The van der Waals surface area contributed by atoms with E-state index in [0.29, 0.717) is 17.6 Å².